The van der Waals surface area contributed by atoms with Crippen LogP contribution in [-0.2, 0) is 19.8 Å². The average Bonchev–Trinajstić information content (AvgIpc) is 3.05. The summed E-state index contributed by atoms with van der Waals surface area (Å²) in [5.74, 6) is 0.825. The fourth-order valence-corrected chi connectivity index (χ4v) is 5.36. The van der Waals surface area contributed by atoms with Gasteiger partial charge < -0.3 is 13.8 Å². The van der Waals surface area contributed by atoms with Gasteiger partial charge in [0.1, 0.15) is 10.8 Å². The molecule has 0 aliphatic heterocycles. The van der Waals surface area contributed by atoms with Crippen LogP contribution >= 0.6 is 18.9 Å². The van der Waals surface area contributed by atoms with Crippen LogP contribution in [0.4, 0.5) is 0 Å². The van der Waals surface area contributed by atoms with Crippen molar-refractivity contribution in [2.45, 2.75) is 20.0 Å². The summed E-state index contributed by atoms with van der Waals surface area (Å²) in [6.45, 7) is 4.36. The Morgan fingerprint density at radius 1 is 1.04 bits per heavy atom. The van der Waals surface area contributed by atoms with Crippen LogP contribution in [0.2, 0.25) is 0 Å². The van der Waals surface area contributed by atoms with Crippen molar-refractivity contribution in [1.29, 1.82) is 0 Å². The van der Waals surface area contributed by atoms with Gasteiger partial charge in [-0.15, -0.1) is 11.3 Å². The van der Waals surface area contributed by atoms with E-state index in [1.165, 1.54) is 0 Å². The summed E-state index contributed by atoms with van der Waals surface area (Å²) in [7, 11) is -1.43. The molecule has 0 saturated carbocycles. The largest absolute Gasteiger partial charge is 0.497 e. The second kappa shape index (κ2) is 8.31. The third-order valence-corrected chi connectivity index (χ3v) is 6.95. The van der Waals surface area contributed by atoms with Crippen LogP contribution in [0, 0.1) is 0 Å². The topological polar surface area (TPSA) is 57.7 Å². The molecule has 3 rings (SSSR count). The quantitative estimate of drug-likeness (QED) is 0.459. The van der Waals surface area contributed by atoms with E-state index in [1.807, 2.05) is 56.3 Å². The van der Waals surface area contributed by atoms with Crippen molar-refractivity contribution in [2.75, 3.05) is 20.3 Å². The molecule has 0 N–H and O–H groups in total. The minimum absolute atomic E-state index is 0.270. The number of rotatable bonds is 8. The van der Waals surface area contributed by atoms with Crippen LogP contribution in [0.3, 0.4) is 0 Å². The van der Waals surface area contributed by atoms with Crippen molar-refractivity contribution in [2.24, 2.45) is 0 Å². The molecular weight excluding hydrogens is 369 g/mol. The molecule has 0 saturated heterocycles. The molecule has 0 unspecified atom stereocenters. The number of hydrogen-bond donors (Lipinski definition) is 0. The molecule has 0 atom stereocenters. The summed E-state index contributed by atoms with van der Waals surface area (Å²) in [6, 6.07) is 13.8. The average molecular weight is 391 g/mol. The van der Waals surface area contributed by atoms with E-state index in [-0.39, 0.29) is 6.16 Å². The zero-order chi connectivity index (χ0) is 18.6. The molecule has 3 aromatic rings. The van der Waals surface area contributed by atoms with E-state index in [1.54, 1.807) is 18.4 Å². The fraction of sp³-hybridized carbons (Fsp3) is 0.316. The predicted molar refractivity (Wildman–Crippen MR) is 106 cm³/mol. The highest BCUT2D eigenvalue weighted by atomic mass is 32.1. The first-order chi connectivity index (χ1) is 12.6. The lowest BCUT2D eigenvalue weighted by Gasteiger charge is -2.17. The number of thiazole rings is 1. The summed E-state index contributed by atoms with van der Waals surface area (Å²) >= 11 is 1.62. The second-order valence-electron chi connectivity index (χ2n) is 5.65. The molecule has 26 heavy (non-hydrogen) atoms. The van der Waals surface area contributed by atoms with Crippen LogP contribution in [0.1, 0.15) is 19.4 Å². The Labute approximate surface area is 157 Å². The minimum Gasteiger partial charge on any atom is -0.497 e. The van der Waals surface area contributed by atoms with E-state index in [4.69, 9.17) is 13.8 Å². The Morgan fingerprint density at radius 3 is 2.35 bits per heavy atom. The first kappa shape index (κ1) is 19.1. The molecule has 1 aromatic heterocycles. The minimum atomic E-state index is -3.09. The highest BCUT2D eigenvalue weighted by molar-refractivity contribution is 7.53. The van der Waals surface area contributed by atoms with Crippen LogP contribution in [-0.4, -0.2) is 25.3 Å². The molecule has 0 aliphatic rings. The van der Waals surface area contributed by atoms with Gasteiger partial charge in [0, 0.05) is 5.56 Å². The monoisotopic (exact) mass is 391 g/mol. The summed E-state index contributed by atoms with van der Waals surface area (Å²) in [5, 5.41) is 0.942. The molecule has 0 bridgehead atoms. The van der Waals surface area contributed by atoms with E-state index in [0.29, 0.717) is 13.2 Å². The lowest BCUT2D eigenvalue weighted by Crippen LogP contribution is -1.99. The van der Waals surface area contributed by atoms with E-state index in [9.17, 15) is 4.57 Å². The standard InChI is InChI=1S/C19H22NO4PS/c1-4-23-25(21,24-5-2)13-14-6-8-15(9-7-14)19-20-17-11-10-16(22-3)12-18(17)26-19/h6-12H,4-5,13H2,1-3H3. The smallest absolute Gasteiger partial charge is 0.335 e. The first-order valence-electron chi connectivity index (χ1n) is 8.49. The zero-order valence-corrected chi connectivity index (χ0v) is 16.8. The van der Waals surface area contributed by atoms with Gasteiger partial charge in [-0.1, -0.05) is 24.3 Å². The normalized spacial score (nSPS) is 11.8. The Kier molecular flexibility index (Phi) is 6.09. The van der Waals surface area contributed by atoms with Gasteiger partial charge in [0.2, 0.25) is 0 Å². The van der Waals surface area contributed by atoms with Gasteiger partial charge >= 0.3 is 7.60 Å². The van der Waals surface area contributed by atoms with Crippen LogP contribution < -0.4 is 4.74 Å². The zero-order valence-electron chi connectivity index (χ0n) is 15.1. The van der Waals surface area contributed by atoms with Crippen molar-refractivity contribution >= 4 is 29.1 Å². The van der Waals surface area contributed by atoms with Crippen LogP contribution in [0.5, 0.6) is 5.75 Å². The lowest BCUT2D eigenvalue weighted by atomic mass is 10.2. The number of benzene rings is 2. The molecule has 2 aromatic carbocycles. The number of fused-ring (bicyclic) bond motifs is 1. The maximum absolute atomic E-state index is 12.6. The van der Waals surface area contributed by atoms with Crippen molar-refractivity contribution < 1.29 is 18.3 Å². The summed E-state index contributed by atoms with van der Waals surface area (Å²) in [6.07, 6.45) is 0.270. The maximum atomic E-state index is 12.6. The predicted octanol–water partition coefficient (Wildman–Crippen LogP) is 5.74. The highest BCUT2D eigenvalue weighted by Gasteiger charge is 2.24. The van der Waals surface area contributed by atoms with Gasteiger partial charge in [0.15, 0.2) is 0 Å². The molecule has 0 amide bonds. The van der Waals surface area contributed by atoms with Crippen molar-refractivity contribution in [3.8, 4) is 16.3 Å². The van der Waals surface area contributed by atoms with E-state index < -0.39 is 7.60 Å². The third kappa shape index (κ3) is 4.33. The molecule has 0 aliphatic carbocycles. The van der Waals surface area contributed by atoms with Crippen LogP contribution in [0.15, 0.2) is 42.5 Å². The number of nitrogens with zero attached hydrogens (tertiary/aromatic N) is 1. The van der Waals surface area contributed by atoms with Crippen molar-refractivity contribution in [3.63, 3.8) is 0 Å². The van der Waals surface area contributed by atoms with Crippen molar-refractivity contribution in [1.82, 2.24) is 4.98 Å². The van der Waals surface area contributed by atoms with Crippen molar-refractivity contribution in [3.05, 3.63) is 48.0 Å². The first-order valence-corrected chi connectivity index (χ1v) is 11.0. The number of methoxy groups -OCH3 is 1. The molecule has 138 valence electrons. The molecular formula is C19H22NO4PS. The molecule has 0 radical (unpaired) electrons. The Morgan fingerprint density at radius 2 is 1.73 bits per heavy atom. The SMILES string of the molecule is CCOP(=O)(Cc1ccc(-c2nc3ccc(OC)cc3s2)cc1)OCC. The van der Waals surface area contributed by atoms with Gasteiger partial charge in [-0.2, -0.15) is 0 Å². The van der Waals surface area contributed by atoms with Gasteiger partial charge in [-0.25, -0.2) is 4.98 Å². The molecule has 5 nitrogen and oxygen atoms in total. The molecule has 1 heterocycles. The van der Waals surface area contributed by atoms with Crippen LogP contribution in [0.25, 0.3) is 20.8 Å². The number of hydrogen-bond acceptors (Lipinski definition) is 6. The Hall–Kier alpha value is -1.72. The summed E-state index contributed by atoms with van der Waals surface area (Å²) in [5.41, 5.74) is 2.89. The molecule has 0 spiro atoms. The number of aromatic nitrogens is 1. The highest BCUT2D eigenvalue weighted by Crippen LogP contribution is 2.51. The maximum Gasteiger partial charge on any atom is 0.335 e. The fourth-order valence-electron chi connectivity index (χ4n) is 2.65. The summed E-state index contributed by atoms with van der Waals surface area (Å²) in [4.78, 5) is 4.68. The second-order valence-corrected chi connectivity index (χ2v) is 8.74. The third-order valence-electron chi connectivity index (χ3n) is 3.82. The van der Waals surface area contributed by atoms with E-state index in [2.05, 4.69) is 4.98 Å². The van der Waals surface area contributed by atoms with E-state index in [0.717, 1.165) is 32.1 Å². The van der Waals surface area contributed by atoms with E-state index >= 15 is 0 Å². The van der Waals surface area contributed by atoms with Gasteiger partial charge in [0.25, 0.3) is 0 Å². The summed E-state index contributed by atoms with van der Waals surface area (Å²) < 4.78 is 29.7. The molecule has 7 heteroatoms. The van der Waals surface area contributed by atoms with Gasteiger partial charge in [-0.05, 0) is 37.6 Å². The van der Waals surface area contributed by atoms with Gasteiger partial charge in [-0.3, -0.25) is 4.57 Å². The Balaban J connectivity index is 1.82. The lowest BCUT2D eigenvalue weighted by molar-refractivity contribution is 0.219. The Bertz CT molecular complexity index is 913. The number of ether oxygens (including phenoxy) is 1. The van der Waals surface area contributed by atoms with Gasteiger partial charge in [0.05, 0.1) is 36.7 Å². The molecule has 0 fully saturated rings.